The molecule has 0 aromatic rings. The molecule has 0 aliphatic carbocycles. The lowest BCUT2D eigenvalue weighted by Crippen LogP contribution is -2.28. The third-order valence-electron chi connectivity index (χ3n) is 2.82. The Morgan fingerprint density at radius 3 is 2.82 bits per heavy atom. The molecular weight excluding hydrogens is 302 g/mol. The number of nitrogens with one attached hydrogen (secondary N) is 1. The fourth-order valence-electron chi connectivity index (χ4n) is 1.84. The second-order valence-corrected chi connectivity index (χ2v) is 6.28. The molecule has 0 aromatic carbocycles. The first-order valence-electron chi connectivity index (χ1n) is 6.31. The van der Waals surface area contributed by atoms with E-state index in [-0.39, 0.29) is 5.91 Å². The maximum absolute atomic E-state index is 11.6. The molecule has 0 radical (unpaired) electrons. The van der Waals surface area contributed by atoms with E-state index in [0.29, 0.717) is 12.3 Å². The van der Waals surface area contributed by atoms with E-state index >= 15 is 0 Å². The van der Waals surface area contributed by atoms with Crippen molar-refractivity contribution in [3.8, 4) is 0 Å². The van der Waals surface area contributed by atoms with Gasteiger partial charge in [-0.1, -0.05) is 15.9 Å². The summed E-state index contributed by atoms with van der Waals surface area (Å²) < 4.78 is 5.31. The summed E-state index contributed by atoms with van der Waals surface area (Å²) in [5.41, 5.74) is 0. The minimum atomic E-state index is 0.211. The van der Waals surface area contributed by atoms with Gasteiger partial charge in [0.05, 0.1) is 6.61 Å². The lowest BCUT2D eigenvalue weighted by Gasteiger charge is -2.20. The van der Waals surface area contributed by atoms with Crippen LogP contribution in [0.1, 0.15) is 25.7 Å². The number of thioether (sulfide) groups is 1. The monoisotopic (exact) mass is 323 g/mol. The first-order chi connectivity index (χ1) is 8.33. The first-order valence-corrected chi connectivity index (χ1v) is 8.58. The molecule has 1 N–H and O–H groups in total. The normalized spacial score (nSPS) is 17.0. The van der Waals surface area contributed by atoms with Gasteiger partial charge in [-0.15, -0.1) is 0 Å². The molecule has 0 saturated carbocycles. The van der Waals surface area contributed by atoms with Crippen molar-refractivity contribution in [3.05, 3.63) is 0 Å². The average Bonchev–Trinajstić information content (AvgIpc) is 2.35. The molecule has 1 heterocycles. The van der Waals surface area contributed by atoms with Gasteiger partial charge in [0.15, 0.2) is 0 Å². The first kappa shape index (κ1) is 15.3. The fraction of sp³-hybridized carbons (Fsp3) is 0.917. The topological polar surface area (TPSA) is 38.3 Å². The van der Waals surface area contributed by atoms with E-state index in [0.717, 1.165) is 31.5 Å². The smallest absolute Gasteiger partial charge is 0.220 e. The Kier molecular flexibility index (Phi) is 9.20. The van der Waals surface area contributed by atoms with Crippen molar-refractivity contribution in [1.82, 2.24) is 5.32 Å². The zero-order valence-corrected chi connectivity index (χ0v) is 12.7. The summed E-state index contributed by atoms with van der Waals surface area (Å²) in [7, 11) is 0. The molecular formula is C12H22BrNO2S. The van der Waals surface area contributed by atoms with E-state index in [9.17, 15) is 4.79 Å². The van der Waals surface area contributed by atoms with Gasteiger partial charge in [-0.25, -0.2) is 0 Å². The van der Waals surface area contributed by atoms with Gasteiger partial charge in [0.25, 0.3) is 0 Å². The maximum atomic E-state index is 11.6. The Balaban J connectivity index is 1.93. The molecule has 0 unspecified atom stereocenters. The second kappa shape index (κ2) is 10.2. The highest BCUT2D eigenvalue weighted by atomic mass is 79.9. The van der Waals surface area contributed by atoms with Crippen LogP contribution >= 0.6 is 27.7 Å². The highest BCUT2D eigenvalue weighted by molar-refractivity contribution is 9.09. The standard InChI is InChI=1S/C12H22BrNO2S/c13-4-7-16-6-1-5-14-12(15)10-11-2-8-17-9-3-11/h11H,1-10H2,(H,14,15). The van der Waals surface area contributed by atoms with Gasteiger partial charge < -0.3 is 10.1 Å². The van der Waals surface area contributed by atoms with Gasteiger partial charge in [-0.05, 0) is 36.7 Å². The molecule has 1 saturated heterocycles. The van der Waals surface area contributed by atoms with E-state index in [4.69, 9.17) is 4.74 Å². The van der Waals surface area contributed by atoms with Crippen molar-refractivity contribution in [1.29, 1.82) is 0 Å². The highest BCUT2D eigenvalue weighted by Gasteiger charge is 2.16. The third-order valence-corrected chi connectivity index (χ3v) is 4.20. The van der Waals surface area contributed by atoms with Gasteiger partial charge in [-0.3, -0.25) is 4.79 Å². The van der Waals surface area contributed by atoms with Crippen LogP contribution < -0.4 is 5.32 Å². The van der Waals surface area contributed by atoms with Crippen molar-refractivity contribution < 1.29 is 9.53 Å². The number of rotatable bonds is 8. The molecule has 3 nitrogen and oxygen atoms in total. The Bertz CT molecular complexity index is 211. The van der Waals surface area contributed by atoms with E-state index in [1.807, 2.05) is 11.8 Å². The second-order valence-electron chi connectivity index (χ2n) is 4.26. The summed E-state index contributed by atoms with van der Waals surface area (Å²) in [6, 6.07) is 0. The van der Waals surface area contributed by atoms with Crippen LogP contribution in [0.5, 0.6) is 0 Å². The van der Waals surface area contributed by atoms with E-state index in [1.54, 1.807) is 0 Å². The molecule has 1 amide bonds. The van der Waals surface area contributed by atoms with Crippen molar-refractivity contribution in [3.63, 3.8) is 0 Å². The van der Waals surface area contributed by atoms with E-state index in [2.05, 4.69) is 21.2 Å². The molecule has 0 bridgehead atoms. The van der Waals surface area contributed by atoms with Crippen LogP contribution in [0.3, 0.4) is 0 Å². The summed E-state index contributed by atoms with van der Waals surface area (Å²) in [4.78, 5) is 11.6. The van der Waals surface area contributed by atoms with Gasteiger partial charge >= 0.3 is 0 Å². The Hall–Kier alpha value is 0.260. The maximum Gasteiger partial charge on any atom is 0.220 e. The number of carbonyl (C=O) groups excluding carboxylic acids is 1. The molecule has 0 atom stereocenters. The van der Waals surface area contributed by atoms with Crippen molar-refractivity contribution >= 4 is 33.6 Å². The van der Waals surface area contributed by atoms with Crippen LogP contribution in [0.4, 0.5) is 0 Å². The molecule has 1 aliphatic rings. The lowest BCUT2D eigenvalue weighted by molar-refractivity contribution is -0.122. The number of amides is 1. The van der Waals surface area contributed by atoms with Crippen molar-refractivity contribution in [2.75, 3.05) is 36.6 Å². The Morgan fingerprint density at radius 1 is 1.35 bits per heavy atom. The largest absolute Gasteiger partial charge is 0.381 e. The number of ether oxygens (including phenoxy) is 1. The number of alkyl halides is 1. The minimum absolute atomic E-state index is 0.211. The zero-order valence-electron chi connectivity index (χ0n) is 10.3. The van der Waals surface area contributed by atoms with Crippen LogP contribution in [-0.2, 0) is 9.53 Å². The minimum Gasteiger partial charge on any atom is -0.381 e. The Morgan fingerprint density at radius 2 is 2.12 bits per heavy atom. The van der Waals surface area contributed by atoms with Crippen LogP contribution in [0.15, 0.2) is 0 Å². The Labute approximate surface area is 117 Å². The third kappa shape index (κ3) is 8.06. The highest BCUT2D eigenvalue weighted by Crippen LogP contribution is 2.24. The van der Waals surface area contributed by atoms with E-state index in [1.165, 1.54) is 24.3 Å². The van der Waals surface area contributed by atoms with E-state index < -0.39 is 0 Å². The molecule has 1 rings (SSSR count). The summed E-state index contributed by atoms with van der Waals surface area (Å²) in [6.07, 6.45) is 4.01. The van der Waals surface area contributed by atoms with Crippen molar-refractivity contribution in [2.45, 2.75) is 25.7 Å². The van der Waals surface area contributed by atoms with Crippen LogP contribution in [-0.4, -0.2) is 42.5 Å². The molecule has 0 spiro atoms. The summed E-state index contributed by atoms with van der Waals surface area (Å²) >= 11 is 5.30. The molecule has 0 aromatic heterocycles. The zero-order chi connectivity index (χ0) is 12.3. The lowest BCUT2D eigenvalue weighted by atomic mass is 9.98. The van der Waals surface area contributed by atoms with Gasteiger partial charge in [-0.2, -0.15) is 11.8 Å². The van der Waals surface area contributed by atoms with Crippen LogP contribution in [0.2, 0.25) is 0 Å². The quantitative estimate of drug-likeness (QED) is 0.550. The number of carbonyl (C=O) groups is 1. The molecule has 17 heavy (non-hydrogen) atoms. The number of hydrogen-bond donors (Lipinski definition) is 1. The predicted molar refractivity (Wildman–Crippen MR) is 76.9 cm³/mol. The molecule has 1 aliphatic heterocycles. The van der Waals surface area contributed by atoms with Gasteiger partial charge in [0.2, 0.25) is 5.91 Å². The van der Waals surface area contributed by atoms with Gasteiger partial charge in [0.1, 0.15) is 0 Å². The predicted octanol–water partition coefficient (Wildman–Crippen LogP) is 2.44. The number of hydrogen-bond acceptors (Lipinski definition) is 3. The molecule has 5 heteroatoms. The summed E-state index contributed by atoms with van der Waals surface area (Å²) in [6.45, 7) is 2.21. The molecule has 100 valence electrons. The van der Waals surface area contributed by atoms with Gasteiger partial charge in [0, 0.05) is 24.9 Å². The SMILES string of the molecule is O=C(CC1CCSCC1)NCCCOCCBr. The molecule has 1 fully saturated rings. The average molecular weight is 324 g/mol. The van der Waals surface area contributed by atoms with Crippen molar-refractivity contribution in [2.24, 2.45) is 5.92 Å². The number of halogens is 1. The van der Waals surface area contributed by atoms with Crippen LogP contribution in [0, 0.1) is 5.92 Å². The summed E-state index contributed by atoms with van der Waals surface area (Å²) in [5, 5.41) is 3.84. The van der Waals surface area contributed by atoms with Crippen LogP contribution in [0.25, 0.3) is 0 Å². The fourth-order valence-corrected chi connectivity index (χ4v) is 3.28. The summed E-state index contributed by atoms with van der Waals surface area (Å²) in [5.74, 6) is 3.26.